The van der Waals surface area contributed by atoms with Crippen molar-refractivity contribution in [3.63, 3.8) is 0 Å². The molecule has 0 saturated carbocycles. The number of nitrogens with zero attached hydrogens (tertiary/aromatic N) is 2. The van der Waals surface area contributed by atoms with Gasteiger partial charge in [0.2, 0.25) is 5.78 Å². The molecule has 2 aliphatic carbocycles. The number of epoxide rings is 1. The van der Waals surface area contributed by atoms with E-state index in [0.717, 1.165) is 24.0 Å². The number of ketones is 3. The van der Waals surface area contributed by atoms with E-state index in [1.54, 1.807) is 0 Å². The van der Waals surface area contributed by atoms with Crippen molar-refractivity contribution in [2.45, 2.75) is 84.5 Å². The topological polar surface area (TPSA) is 119 Å². The number of aliphatic hydroxyl groups is 1. The minimum Gasteiger partial charge on any atom is -0.711 e. The quantitative estimate of drug-likeness (QED) is 0.309. The highest BCUT2D eigenvalue weighted by Crippen LogP contribution is 2.61. The maximum absolute atomic E-state index is 13.7. The minimum atomic E-state index is -1.54. The van der Waals surface area contributed by atoms with Crippen molar-refractivity contribution in [3.05, 3.63) is 63.0 Å². The first kappa shape index (κ1) is 24.7. The fourth-order valence-corrected chi connectivity index (χ4v) is 4.59. The molecule has 0 aromatic carbocycles. The number of rotatable bonds is 8. The van der Waals surface area contributed by atoms with Gasteiger partial charge in [-0.2, -0.15) is 0 Å². The molecule has 3 atom stereocenters. The summed E-state index contributed by atoms with van der Waals surface area (Å²) in [6.45, 7) is 11.1. The molecule has 0 bridgehead atoms. The molecular weight excluding hydrogens is 420 g/mol. The Labute approximate surface area is 194 Å². The Kier molecular flexibility index (Phi) is 6.58. The van der Waals surface area contributed by atoms with Gasteiger partial charge in [0.1, 0.15) is 11.8 Å². The standard InChI is InChI=1S/C26H31N2O5/c1-14(2)8-7-9-16(5)11-13-26-23(31)18-19(21(29)17(6)22(30)20(18)28-27)24(32)25(26,33-26)12-10-15(3)4/h8,10-11,20,29H,7,9,12-13H2,1-6H3/q-1. The molecule has 176 valence electrons. The Morgan fingerprint density at radius 2 is 1.58 bits per heavy atom. The predicted molar refractivity (Wildman–Crippen MR) is 125 cm³/mol. The number of allylic oxidation sites excluding steroid dienone is 5. The molecule has 1 saturated heterocycles. The van der Waals surface area contributed by atoms with Gasteiger partial charge in [0.25, 0.3) is 0 Å². The van der Waals surface area contributed by atoms with Gasteiger partial charge < -0.3 is 20.5 Å². The molecule has 0 aromatic heterocycles. The molecule has 3 unspecified atom stereocenters. The second-order valence-corrected chi connectivity index (χ2v) is 9.62. The molecule has 0 amide bonds. The van der Waals surface area contributed by atoms with E-state index in [-0.39, 0.29) is 29.6 Å². The Bertz CT molecular complexity index is 1100. The zero-order valence-electron chi connectivity index (χ0n) is 20.1. The number of Topliss-reactive ketones (excluding diaryl/α,β-unsaturated/α-hetero) is 3. The van der Waals surface area contributed by atoms with Gasteiger partial charge in [0.05, 0.1) is 5.57 Å². The molecule has 33 heavy (non-hydrogen) atoms. The van der Waals surface area contributed by atoms with Gasteiger partial charge in [0, 0.05) is 24.0 Å². The lowest BCUT2D eigenvalue weighted by atomic mass is 9.66. The summed E-state index contributed by atoms with van der Waals surface area (Å²) in [6.07, 6.45) is 7.85. The highest BCUT2D eigenvalue weighted by molar-refractivity contribution is 6.29. The Balaban J connectivity index is 2.08. The Morgan fingerprint density at radius 3 is 2.15 bits per heavy atom. The van der Waals surface area contributed by atoms with Gasteiger partial charge >= 0.3 is 0 Å². The number of carbonyl (C=O) groups excluding carboxylic acids is 3. The lowest BCUT2D eigenvalue weighted by Crippen LogP contribution is -2.50. The van der Waals surface area contributed by atoms with Crippen molar-refractivity contribution in [3.8, 4) is 0 Å². The van der Waals surface area contributed by atoms with E-state index in [4.69, 9.17) is 4.74 Å². The van der Waals surface area contributed by atoms with Crippen LogP contribution in [0.1, 0.15) is 67.2 Å². The molecule has 0 spiro atoms. The third kappa shape index (κ3) is 3.88. The van der Waals surface area contributed by atoms with E-state index < -0.39 is 40.4 Å². The van der Waals surface area contributed by atoms with Gasteiger partial charge in [-0.25, -0.2) is 0 Å². The fourth-order valence-electron chi connectivity index (χ4n) is 4.59. The van der Waals surface area contributed by atoms with Crippen LogP contribution < -0.4 is 0 Å². The second-order valence-electron chi connectivity index (χ2n) is 9.62. The summed E-state index contributed by atoms with van der Waals surface area (Å²) < 4.78 is 6.01. The van der Waals surface area contributed by atoms with Crippen molar-refractivity contribution < 1.29 is 24.2 Å². The SMILES string of the molecule is CC(C)=CCCC(C)=CCC12OC1(CC=C(C)C)C(=O)C1=C(C2=O)C(N=[N-])C(=O)C(C)=C1O. The van der Waals surface area contributed by atoms with E-state index in [2.05, 4.69) is 11.2 Å². The number of hydrogen-bond acceptors (Lipinski definition) is 6. The van der Waals surface area contributed by atoms with E-state index >= 15 is 0 Å². The Hall–Kier alpha value is -2.93. The normalized spacial score (nSPS) is 29.0. The molecule has 3 rings (SSSR count). The van der Waals surface area contributed by atoms with Gasteiger partial charge in [0.15, 0.2) is 22.8 Å². The van der Waals surface area contributed by atoms with Crippen LogP contribution in [0.4, 0.5) is 0 Å². The molecular formula is C26H31N2O5-. The monoisotopic (exact) mass is 451 g/mol. The minimum absolute atomic E-state index is 0.113. The largest absolute Gasteiger partial charge is 0.711 e. The number of aliphatic hydroxyl groups excluding tert-OH is 1. The van der Waals surface area contributed by atoms with Gasteiger partial charge in [-0.15, -0.1) is 0 Å². The van der Waals surface area contributed by atoms with E-state index in [1.165, 1.54) is 12.5 Å². The van der Waals surface area contributed by atoms with Crippen molar-refractivity contribution in [1.29, 1.82) is 0 Å². The predicted octanol–water partition coefficient (Wildman–Crippen LogP) is 5.19. The van der Waals surface area contributed by atoms with Crippen LogP contribution in [0.25, 0.3) is 5.53 Å². The summed E-state index contributed by atoms with van der Waals surface area (Å²) in [5.74, 6) is -2.38. The third-order valence-electron chi connectivity index (χ3n) is 6.66. The Morgan fingerprint density at radius 1 is 1.00 bits per heavy atom. The van der Waals surface area contributed by atoms with Crippen LogP contribution >= 0.6 is 0 Å². The lowest BCUT2D eigenvalue weighted by molar-refractivity contribution is -0.126. The summed E-state index contributed by atoms with van der Waals surface area (Å²) in [5.41, 5.74) is 9.17. The maximum atomic E-state index is 13.7. The molecule has 1 aliphatic heterocycles. The van der Waals surface area contributed by atoms with Gasteiger partial charge in [-0.1, -0.05) is 34.9 Å². The van der Waals surface area contributed by atoms with Crippen molar-refractivity contribution in [2.24, 2.45) is 5.11 Å². The number of hydrogen-bond donors (Lipinski definition) is 1. The van der Waals surface area contributed by atoms with Crippen LogP contribution in [-0.2, 0) is 19.1 Å². The van der Waals surface area contributed by atoms with Gasteiger partial charge in [-0.05, 0) is 54.4 Å². The van der Waals surface area contributed by atoms with Crippen LogP contribution in [-0.4, -0.2) is 39.7 Å². The number of carbonyl (C=O) groups is 3. The summed E-state index contributed by atoms with van der Waals surface area (Å²) in [6, 6.07) is -1.54. The van der Waals surface area contributed by atoms with Gasteiger partial charge in [-0.3, -0.25) is 14.4 Å². The highest BCUT2D eigenvalue weighted by atomic mass is 16.6. The highest BCUT2D eigenvalue weighted by Gasteiger charge is 2.80. The zero-order valence-corrected chi connectivity index (χ0v) is 20.1. The fraction of sp³-hybridized carbons (Fsp3) is 0.500. The third-order valence-corrected chi connectivity index (χ3v) is 6.66. The second kappa shape index (κ2) is 8.78. The summed E-state index contributed by atoms with van der Waals surface area (Å²) in [7, 11) is 0. The first-order valence-electron chi connectivity index (χ1n) is 11.2. The van der Waals surface area contributed by atoms with E-state index in [1.807, 2.05) is 46.8 Å². The molecule has 1 fully saturated rings. The van der Waals surface area contributed by atoms with E-state index in [9.17, 15) is 25.0 Å². The first-order chi connectivity index (χ1) is 15.4. The van der Waals surface area contributed by atoms with E-state index in [0.29, 0.717) is 0 Å². The van der Waals surface area contributed by atoms with Crippen LogP contribution in [0, 0.1) is 0 Å². The van der Waals surface area contributed by atoms with Crippen LogP contribution in [0.5, 0.6) is 0 Å². The molecule has 1 heterocycles. The molecule has 3 aliphatic rings. The molecule has 7 heteroatoms. The summed E-state index contributed by atoms with van der Waals surface area (Å²) in [5, 5.41) is 13.7. The molecule has 7 nitrogen and oxygen atoms in total. The smallest absolute Gasteiger partial charge is 0.202 e. The van der Waals surface area contributed by atoms with Crippen LogP contribution in [0.3, 0.4) is 0 Å². The number of fused-ring (bicyclic) bond motifs is 1. The molecule has 0 aromatic rings. The van der Waals surface area contributed by atoms with Crippen molar-refractivity contribution in [2.75, 3.05) is 0 Å². The van der Waals surface area contributed by atoms with Crippen molar-refractivity contribution in [1.82, 2.24) is 0 Å². The number of ether oxygens (including phenoxy) is 1. The maximum Gasteiger partial charge on any atom is 0.202 e. The van der Waals surface area contributed by atoms with Crippen molar-refractivity contribution >= 4 is 17.3 Å². The lowest BCUT2D eigenvalue weighted by Gasteiger charge is -2.32. The molecule has 1 N–H and O–H groups in total. The summed E-state index contributed by atoms with van der Waals surface area (Å²) in [4.78, 5) is 40.0. The van der Waals surface area contributed by atoms with Crippen LogP contribution in [0.2, 0.25) is 0 Å². The zero-order chi connectivity index (χ0) is 24.7. The molecule has 0 radical (unpaired) electrons. The average molecular weight is 452 g/mol. The first-order valence-corrected chi connectivity index (χ1v) is 11.2. The van der Waals surface area contributed by atoms with Crippen LogP contribution in [0.15, 0.2) is 62.5 Å². The summed E-state index contributed by atoms with van der Waals surface area (Å²) >= 11 is 0. The average Bonchev–Trinajstić information content (AvgIpc) is 3.44.